The summed E-state index contributed by atoms with van der Waals surface area (Å²) in [5.74, 6) is 2.31. The Bertz CT molecular complexity index is 598. The minimum atomic E-state index is 0.353. The normalized spacial score (nSPS) is 18.6. The van der Waals surface area contributed by atoms with E-state index in [-0.39, 0.29) is 0 Å². The Hall–Kier alpha value is -1.94. The molecular formula is C17H21N3O. The zero-order chi connectivity index (χ0) is 14.5. The van der Waals surface area contributed by atoms with Crippen LogP contribution in [0.4, 0.5) is 0 Å². The van der Waals surface area contributed by atoms with Crippen molar-refractivity contribution < 1.29 is 4.74 Å². The fourth-order valence-corrected chi connectivity index (χ4v) is 2.56. The number of benzene rings is 1. The second kappa shape index (κ2) is 6.68. The summed E-state index contributed by atoms with van der Waals surface area (Å²) in [6.45, 7) is 4.37. The minimum Gasteiger partial charge on any atom is -0.381 e. The Labute approximate surface area is 125 Å². The number of ether oxygens (including phenoxy) is 1. The summed E-state index contributed by atoms with van der Waals surface area (Å²) in [5.41, 5.74) is 1.25. The third-order valence-corrected chi connectivity index (χ3v) is 3.77. The van der Waals surface area contributed by atoms with Crippen LogP contribution in [0.5, 0.6) is 0 Å². The SMILES string of the molecule is C/C=C/Cc1nc([C@H]2CCOC2)nn1Cc1ccccc1. The van der Waals surface area contributed by atoms with Gasteiger partial charge in [0.25, 0.3) is 0 Å². The molecule has 2 aromatic rings. The Morgan fingerprint density at radius 3 is 2.90 bits per heavy atom. The number of rotatable bonds is 5. The number of nitrogens with zero attached hydrogens (tertiary/aromatic N) is 3. The van der Waals surface area contributed by atoms with Crippen molar-refractivity contribution in [3.8, 4) is 0 Å². The Morgan fingerprint density at radius 1 is 1.33 bits per heavy atom. The van der Waals surface area contributed by atoms with Gasteiger partial charge in [-0.2, -0.15) is 5.10 Å². The van der Waals surface area contributed by atoms with E-state index in [9.17, 15) is 0 Å². The van der Waals surface area contributed by atoms with E-state index in [1.807, 2.05) is 17.7 Å². The molecule has 0 amide bonds. The number of aromatic nitrogens is 3. The van der Waals surface area contributed by atoms with Crippen LogP contribution in [0.2, 0.25) is 0 Å². The molecule has 1 atom stereocenters. The van der Waals surface area contributed by atoms with E-state index in [4.69, 9.17) is 14.8 Å². The third kappa shape index (κ3) is 3.39. The molecule has 1 aliphatic rings. The van der Waals surface area contributed by atoms with Crippen molar-refractivity contribution >= 4 is 0 Å². The second-order valence-corrected chi connectivity index (χ2v) is 5.36. The van der Waals surface area contributed by atoms with Gasteiger partial charge in [0, 0.05) is 18.9 Å². The predicted molar refractivity (Wildman–Crippen MR) is 82.3 cm³/mol. The van der Waals surface area contributed by atoms with Crippen LogP contribution in [-0.4, -0.2) is 28.0 Å². The molecular weight excluding hydrogens is 262 g/mol. The molecule has 2 heterocycles. The molecule has 4 heteroatoms. The summed E-state index contributed by atoms with van der Waals surface area (Å²) in [6, 6.07) is 10.4. The summed E-state index contributed by atoms with van der Waals surface area (Å²) in [7, 11) is 0. The standard InChI is InChI=1S/C17H21N3O/c1-2-3-9-16-18-17(15-10-11-21-13-15)19-20(16)12-14-7-5-4-6-8-14/h2-8,15H,9-13H2,1H3/b3-2+/t15-/m0/s1. The summed E-state index contributed by atoms with van der Waals surface area (Å²) in [6.07, 6.45) is 6.03. The van der Waals surface area contributed by atoms with Gasteiger partial charge in [-0.15, -0.1) is 0 Å². The van der Waals surface area contributed by atoms with Gasteiger partial charge in [0.2, 0.25) is 0 Å². The van der Waals surface area contributed by atoms with Gasteiger partial charge in [-0.1, -0.05) is 42.5 Å². The lowest BCUT2D eigenvalue weighted by Crippen LogP contribution is -2.07. The lowest BCUT2D eigenvalue weighted by molar-refractivity contribution is 0.193. The van der Waals surface area contributed by atoms with Crippen LogP contribution in [-0.2, 0) is 17.7 Å². The maximum Gasteiger partial charge on any atom is 0.156 e. The largest absolute Gasteiger partial charge is 0.381 e. The van der Waals surface area contributed by atoms with Gasteiger partial charge >= 0.3 is 0 Å². The number of hydrogen-bond acceptors (Lipinski definition) is 3. The van der Waals surface area contributed by atoms with Gasteiger partial charge in [-0.25, -0.2) is 9.67 Å². The van der Waals surface area contributed by atoms with Crippen molar-refractivity contribution in [2.24, 2.45) is 0 Å². The smallest absolute Gasteiger partial charge is 0.156 e. The molecule has 0 aliphatic carbocycles. The van der Waals surface area contributed by atoms with Crippen molar-refractivity contribution in [3.05, 3.63) is 59.7 Å². The average molecular weight is 283 g/mol. The quantitative estimate of drug-likeness (QED) is 0.792. The summed E-state index contributed by atoms with van der Waals surface area (Å²) in [5, 5.41) is 4.73. The molecule has 0 N–H and O–H groups in total. The zero-order valence-corrected chi connectivity index (χ0v) is 12.4. The van der Waals surface area contributed by atoms with Gasteiger partial charge in [0.15, 0.2) is 5.82 Å². The van der Waals surface area contributed by atoms with E-state index in [0.29, 0.717) is 5.92 Å². The summed E-state index contributed by atoms with van der Waals surface area (Å²) in [4.78, 5) is 4.75. The van der Waals surface area contributed by atoms with Crippen molar-refractivity contribution in [2.75, 3.05) is 13.2 Å². The molecule has 21 heavy (non-hydrogen) atoms. The number of allylic oxidation sites excluding steroid dienone is 2. The lowest BCUT2D eigenvalue weighted by Gasteiger charge is -2.04. The Balaban J connectivity index is 1.85. The highest BCUT2D eigenvalue weighted by Gasteiger charge is 2.23. The molecule has 3 rings (SSSR count). The molecule has 1 aliphatic heterocycles. The van der Waals surface area contributed by atoms with Crippen molar-refractivity contribution in [3.63, 3.8) is 0 Å². The first-order valence-electron chi connectivity index (χ1n) is 7.53. The molecule has 110 valence electrons. The molecule has 1 aromatic heterocycles. The molecule has 0 spiro atoms. The predicted octanol–water partition coefficient (Wildman–Crippen LogP) is 2.95. The van der Waals surface area contributed by atoms with Crippen LogP contribution in [0.15, 0.2) is 42.5 Å². The van der Waals surface area contributed by atoms with Crippen LogP contribution in [0.3, 0.4) is 0 Å². The highest BCUT2D eigenvalue weighted by molar-refractivity contribution is 5.16. The fourth-order valence-electron chi connectivity index (χ4n) is 2.56. The number of hydrogen-bond donors (Lipinski definition) is 0. The Kier molecular flexibility index (Phi) is 4.46. The van der Waals surface area contributed by atoms with Crippen LogP contribution in [0.25, 0.3) is 0 Å². The first-order chi connectivity index (χ1) is 10.4. The molecule has 4 nitrogen and oxygen atoms in total. The summed E-state index contributed by atoms with van der Waals surface area (Å²) >= 11 is 0. The minimum absolute atomic E-state index is 0.353. The molecule has 0 unspecified atom stereocenters. The van der Waals surface area contributed by atoms with Gasteiger partial charge < -0.3 is 4.74 Å². The van der Waals surface area contributed by atoms with Gasteiger partial charge in [0.1, 0.15) is 5.82 Å². The van der Waals surface area contributed by atoms with Gasteiger partial charge in [-0.3, -0.25) is 0 Å². The van der Waals surface area contributed by atoms with Crippen molar-refractivity contribution in [1.82, 2.24) is 14.8 Å². The molecule has 0 saturated carbocycles. The zero-order valence-electron chi connectivity index (χ0n) is 12.4. The van der Waals surface area contributed by atoms with E-state index < -0.39 is 0 Å². The van der Waals surface area contributed by atoms with Crippen molar-refractivity contribution in [2.45, 2.75) is 32.2 Å². The summed E-state index contributed by atoms with van der Waals surface area (Å²) < 4.78 is 7.49. The van der Waals surface area contributed by atoms with Crippen LogP contribution < -0.4 is 0 Å². The second-order valence-electron chi connectivity index (χ2n) is 5.36. The van der Waals surface area contributed by atoms with Crippen LogP contribution in [0.1, 0.15) is 36.5 Å². The van der Waals surface area contributed by atoms with E-state index in [1.165, 1.54) is 5.56 Å². The van der Waals surface area contributed by atoms with E-state index >= 15 is 0 Å². The van der Waals surface area contributed by atoms with Crippen LogP contribution >= 0.6 is 0 Å². The van der Waals surface area contributed by atoms with Crippen molar-refractivity contribution in [1.29, 1.82) is 0 Å². The van der Waals surface area contributed by atoms with Gasteiger partial charge in [0.05, 0.1) is 13.2 Å². The molecule has 0 radical (unpaired) electrons. The fraction of sp³-hybridized carbons (Fsp3) is 0.412. The topological polar surface area (TPSA) is 39.9 Å². The maximum absolute atomic E-state index is 5.46. The maximum atomic E-state index is 5.46. The molecule has 1 aromatic carbocycles. The monoisotopic (exact) mass is 283 g/mol. The third-order valence-electron chi connectivity index (χ3n) is 3.77. The molecule has 0 bridgehead atoms. The first-order valence-corrected chi connectivity index (χ1v) is 7.53. The highest BCUT2D eigenvalue weighted by atomic mass is 16.5. The lowest BCUT2D eigenvalue weighted by atomic mass is 10.1. The molecule has 1 saturated heterocycles. The highest BCUT2D eigenvalue weighted by Crippen LogP contribution is 2.23. The average Bonchev–Trinajstić information content (AvgIpc) is 3.16. The van der Waals surface area contributed by atoms with Gasteiger partial charge in [-0.05, 0) is 18.9 Å². The van der Waals surface area contributed by atoms with E-state index in [1.54, 1.807) is 0 Å². The van der Waals surface area contributed by atoms with E-state index in [2.05, 4.69) is 36.4 Å². The van der Waals surface area contributed by atoms with Crippen LogP contribution in [0, 0.1) is 0 Å². The molecule has 1 fully saturated rings. The van der Waals surface area contributed by atoms with E-state index in [0.717, 1.165) is 44.2 Å². The Morgan fingerprint density at radius 2 is 2.19 bits per heavy atom. The first kappa shape index (κ1) is 14.0.